The minimum Gasteiger partial charge on any atom is -0.411 e. The van der Waals surface area contributed by atoms with Gasteiger partial charge in [-0.15, -0.1) is 10.2 Å². The molecule has 96 valence electrons. The Hall–Kier alpha value is -1.33. The first-order valence-corrected chi connectivity index (χ1v) is 6.82. The molecule has 18 heavy (non-hydrogen) atoms. The topological polar surface area (TPSA) is 42.2 Å². The van der Waals surface area contributed by atoms with Gasteiger partial charge in [0.15, 0.2) is 0 Å². The molecule has 0 atom stereocenters. The van der Waals surface area contributed by atoms with Crippen LogP contribution in [0.15, 0.2) is 33.9 Å². The molecule has 0 aliphatic carbocycles. The van der Waals surface area contributed by atoms with Crippen molar-refractivity contribution in [2.24, 2.45) is 0 Å². The fourth-order valence-electron chi connectivity index (χ4n) is 1.48. The molecule has 0 unspecified atom stereocenters. The van der Waals surface area contributed by atoms with Gasteiger partial charge in [0.25, 0.3) is 5.22 Å². The van der Waals surface area contributed by atoms with Gasteiger partial charge in [0.1, 0.15) is 0 Å². The van der Waals surface area contributed by atoms with E-state index in [4.69, 9.17) is 4.42 Å². The van der Waals surface area contributed by atoms with Crippen molar-refractivity contribution in [3.8, 4) is 11.5 Å². The molecule has 0 amide bonds. The van der Waals surface area contributed by atoms with E-state index < -0.39 is 0 Å². The largest absolute Gasteiger partial charge is 0.411 e. The third-order valence-electron chi connectivity index (χ3n) is 2.44. The van der Waals surface area contributed by atoms with Crippen LogP contribution in [-0.4, -0.2) is 41.5 Å². The van der Waals surface area contributed by atoms with Crippen LogP contribution in [0.25, 0.3) is 11.5 Å². The van der Waals surface area contributed by atoms with Gasteiger partial charge in [-0.25, -0.2) is 0 Å². The summed E-state index contributed by atoms with van der Waals surface area (Å²) >= 11 is 1.59. The lowest BCUT2D eigenvalue weighted by Gasteiger charge is -2.06. The molecule has 1 heterocycles. The molecule has 2 rings (SSSR count). The van der Waals surface area contributed by atoms with E-state index in [1.807, 2.05) is 45.3 Å². The van der Waals surface area contributed by atoms with E-state index in [1.54, 1.807) is 11.8 Å². The Morgan fingerprint density at radius 2 is 2.11 bits per heavy atom. The van der Waals surface area contributed by atoms with Gasteiger partial charge in [-0.1, -0.05) is 29.5 Å². The molecule has 0 fully saturated rings. The summed E-state index contributed by atoms with van der Waals surface area (Å²) in [6, 6.07) is 8.07. The standard InChI is InChI=1S/C13H17N3OS/c1-10-5-4-6-11(9-10)12-14-15-13(17-12)18-8-7-16(2)3/h4-6,9H,7-8H2,1-3H3. The Bertz CT molecular complexity index is 510. The second kappa shape index (κ2) is 6.02. The van der Waals surface area contributed by atoms with Crippen LogP contribution < -0.4 is 0 Å². The fraction of sp³-hybridized carbons (Fsp3) is 0.385. The highest BCUT2D eigenvalue weighted by molar-refractivity contribution is 7.99. The Morgan fingerprint density at radius 3 is 2.83 bits per heavy atom. The Balaban J connectivity index is 2.02. The van der Waals surface area contributed by atoms with E-state index in [2.05, 4.69) is 15.1 Å². The lowest BCUT2D eigenvalue weighted by atomic mass is 10.1. The van der Waals surface area contributed by atoms with E-state index in [-0.39, 0.29) is 0 Å². The summed E-state index contributed by atoms with van der Waals surface area (Å²) in [5.74, 6) is 1.54. The van der Waals surface area contributed by atoms with Gasteiger partial charge in [0, 0.05) is 17.9 Å². The maximum atomic E-state index is 5.63. The number of hydrogen-bond donors (Lipinski definition) is 0. The van der Waals surface area contributed by atoms with E-state index >= 15 is 0 Å². The molecule has 0 spiro atoms. The van der Waals surface area contributed by atoms with Crippen molar-refractivity contribution >= 4 is 11.8 Å². The summed E-state index contributed by atoms with van der Waals surface area (Å²) in [6.07, 6.45) is 0. The molecule has 0 aliphatic rings. The lowest BCUT2D eigenvalue weighted by molar-refractivity contribution is 0.434. The first kappa shape index (κ1) is 13.1. The van der Waals surface area contributed by atoms with Crippen LogP contribution >= 0.6 is 11.8 Å². The predicted molar refractivity (Wildman–Crippen MR) is 73.7 cm³/mol. The van der Waals surface area contributed by atoms with Gasteiger partial charge in [0.05, 0.1) is 0 Å². The van der Waals surface area contributed by atoms with Crippen molar-refractivity contribution in [2.75, 3.05) is 26.4 Å². The molecule has 2 aromatic rings. The third kappa shape index (κ3) is 3.58. The summed E-state index contributed by atoms with van der Waals surface area (Å²) in [4.78, 5) is 2.13. The molecular weight excluding hydrogens is 246 g/mol. The first-order chi connectivity index (χ1) is 8.65. The highest BCUT2D eigenvalue weighted by Crippen LogP contribution is 2.23. The lowest BCUT2D eigenvalue weighted by Crippen LogP contribution is -2.14. The molecule has 4 nitrogen and oxygen atoms in total. The smallest absolute Gasteiger partial charge is 0.276 e. The van der Waals surface area contributed by atoms with Crippen LogP contribution in [0.3, 0.4) is 0 Å². The summed E-state index contributed by atoms with van der Waals surface area (Å²) in [7, 11) is 4.10. The number of rotatable bonds is 5. The monoisotopic (exact) mass is 263 g/mol. The van der Waals surface area contributed by atoms with Crippen molar-refractivity contribution in [1.29, 1.82) is 0 Å². The maximum absolute atomic E-state index is 5.63. The van der Waals surface area contributed by atoms with E-state index in [9.17, 15) is 0 Å². The van der Waals surface area contributed by atoms with Crippen LogP contribution in [0.1, 0.15) is 5.56 Å². The molecule has 0 saturated carbocycles. The fourth-order valence-corrected chi connectivity index (χ4v) is 2.35. The Morgan fingerprint density at radius 1 is 1.28 bits per heavy atom. The van der Waals surface area contributed by atoms with Gasteiger partial charge in [-0.05, 0) is 33.2 Å². The maximum Gasteiger partial charge on any atom is 0.276 e. The Labute approximate surface area is 111 Å². The number of nitrogens with zero attached hydrogens (tertiary/aromatic N) is 3. The molecule has 0 N–H and O–H groups in total. The predicted octanol–water partition coefficient (Wildman–Crippen LogP) is 2.70. The molecule has 0 aliphatic heterocycles. The van der Waals surface area contributed by atoms with Gasteiger partial charge < -0.3 is 9.32 Å². The summed E-state index contributed by atoms with van der Waals surface area (Å²) in [5.41, 5.74) is 2.16. The van der Waals surface area contributed by atoms with Crippen molar-refractivity contribution in [1.82, 2.24) is 15.1 Å². The quantitative estimate of drug-likeness (QED) is 0.776. The molecule has 1 aromatic carbocycles. The van der Waals surface area contributed by atoms with E-state index in [0.29, 0.717) is 11.1 Å². The second-order valence-corrected chi connectivity index (χ2v) is 5.44. The molecule has 0 bridgehead atoms. The number of thioether (sulfide) groups is 1. The molecular formula is C13H17N3OS. The second-order valence-electron chi connectivity index (χ2n) is 4.39. The highest BCUT2D eigenvalue weighted by atomic mass is 32.2. The van der Waals surface area contributed by atoms with Crippen molar-refractivity contribution in [2.45, 2.75) is 12.1 Å². The van der Waals surface area contributed by atoms with Gasteiger partial charge in [-0.3, -0.25) is 0 Å². The van der Waals surface area contributed by atoms with Gasteiger partial charge in [-0.2, -0.15) is 0 Å². The van der Waals surface area contributed by atoms with Crippen LogP contribution in [0.2, 0.25) is 0 Å². The Kier molecular flexibility index (Phi) is 4.38. The molecule has 5 heteroatoms. The number of benzene rings is 1. The van der Waals surface area contributed by atoms with Gasteiger partial charge >= 0.3 is 0 Å². The van der Waals surface area contributed by atoms with Crippen molar-refractivity contribution < 1.29 is 4.42 Å². The third-order valence-corrected chi connectivity index (χ3v) is 3.23. The van der Waals surface area contributed by atoms with E-state index in [1.165, 1.54) is 5.56 Å². The summed E-state index contributed by atoms with van der Waals surface area (Å²) in [6.45, 7) is 3.04. The zero-order valence-electron chi connectivity index (χ0n) is 10.9. The average molecular weight is 263 g/mol. The zero-order valence-corrected chi connectivity index (χ0v) is 11.7. The van der Waals surface area contributed by atoms with Crippen LogP contribution in [0.5, 0.6) is 0 Å². The number of aromatic nitrogens is 2. The summed E-state index contributed by atoms with van der Waals surface area (Å²) in [5, 5.41) is 8.75. The SMILES string of the molecule is Cc1cccc(-c2nnc(SCCN(C)C)o2)c1. The van der Waals surface area contributed by atoms with Gasteiger partial charge in [0.2, 0.25) is 5.89 Å². The normalized spacial score (nSPS) is 11.1. The van der Waals surface area contributed by atoms with Crippen LogP contribution in [0, 0.1) is 6.92 Å². The van der Waals surface area contributed by atoms with Crippen molar-refractivity contribution in [3.63, 3.8) is 0 Å². The molecule has 1 aromatic heterocycles. The first-order valence-electron chi connectivity index (χ1n) is 5.83. The number of hydrogen-bond acceptors (Lipinski definition) is 5. The zero-order chi connectivity index (χ0) is 13.0. The highest BCUT2D eigenvalue weighted by Gasteiger charge is 2.08. The molecule has 0 radical (unpaired) electrons. The minimum absolute atomic E-state index is 0.589. The van der Waals surface area contributed by atoms with E-state index in [0.717, 1.165) is 17.9 Å². The van der Waals surface area contributed by atoms with Crippen LogP contribution in [0.4, 0.5) is 0 Å². The molecule has 0 saturated heterocycles. The number of aryl methyl sites for hydroxylation is 1. The minimum atomic E-state index is 0.589. The van der Waals surface area contributed by atoms with Crippen molar-refractivity contribution in [3.05, 3.63) is 29.8 Å². The summed E-state index contributed by atoms with van der Waals surface area (Å²) < 4.78 is 5.63. The average Bonchev–Trinajstić information content (AvgIpc) is 2.77. The van der Waals surface area contributed by atoms with Crippen LogP contribution in [-0.2, 0) is 0 Å².